The van der Waals surface area contributed by atoms with E-state index in [1.165, 1.54) is 6.07 Å². The van der Waals surface area contributed by atoms with Crippen molar-refractivity contribution in [3.63, 3.8) is 0 Å². The molecular weight excluding hydrogens is 608 g/mol. The maximum Gasteiger partial charge on any atom is 0.351 e. The summed E-state index contributed by atoms with van der Waals surface area (Å²) in [6, 6.07) is 4.60. The lowest BCUT2D eigenvalue weighted by atomic mass is 9.66. The van der Waals surface area contributed by atoms with E-state index in [-0.39, 0.29) is 40.6 Å². The number of benzene rings is 1. The molecule has 1 aromatic heterocycles. The summed E-state index contributed by atoms with van der Waals surface area (Å²) in [5.74, 6) is -1.83. The van der Waals surface area contributed by atoms with Gasteiger partial charge in [-0.3, -0.25) is 14.4 Å². The molecule has 4 unspecified atom stereocenters. The van der Waals surface area contributed by atoms with E-state index in [0.717, 1.165) is 0 Å². The van der Waals surface area contributed by atoms with Crippen LogP contribution in [0.2, 0.25) is 0 Å². The highest BCUT2D eigenvalue weighted by atomic mass is 16.7. The number of fused-ring (bicyclic) bond motifs is 7. The maximum atomic E-state index is 14.5. The van der Waals surface area contributed by atoms with Gasteiger partial charge >= 0.3 is 23.9 Å². The van der Waals surface area contributed by atoms with Crippen molar-refractivity contribution < 1.29 is 47.3 Å². The van der Waals surface area contributed by atoms with Crippen LogP contribution < -0.4 is 10.2 Å². The van der Waals surface area contributed by atoms with E-state index < -0.39 is 74.5 Å². The molecule has 4 bridgehead atoms. The van der Waals surface area contributed by atoms with E-state index >= 15 is 0 Å². The lowest BCUT2D eigenvalue weighted by molar-refractivity contribution is -0.217. The van der Waals surface area contributed by atoms with Crippen LogP contribution in [-0.4, -0.2) is 46.8 Å². The molecule has 4 fully saturated rings. The van der Waals surface area contributed by atoms with Gasteiger partial charge in [-0.2, -0.15) is 0 Å². The molecule has 0 radical (unpaired) electrons. The Morgan fingerprint density at radius 1 is 0.766 bits per heavy atom. The van der Waals surface area contributed by atoms with E-state index in [2.05, 4.69) is 0 Å². The van der Waals surface area contributed by atoms with Crippen LogP contribution in [-0.2, 0) is 44.5 Å². The van der Waals surface area contributed by atoms with Crippen molar-refractivity contribution in [2.45, 2.75) is 123 Å². The molecule has 252 valence electrons. The number of hydrogen-bond donors (Lipinski definition) is 0. The van der Waals surface area contributed by atoms with Crippen LogP contribution in [0.3, 0.4) is 0 Å². The van der Waals surface area contributed by atoms with E-state index in [1.807, 2.05) is 34.6 Å². The number of ether oxygens (including phenoxy) is 5. The number of carbonyl (C=O) groups excluding carboxylic acids is 4. The van der Waals surface area contributed by atoms with Crippen LogP contribution in [0, 0.1) is 21.7 Å². The third-order valence-electron chi connectivity index (χ3n) is 13.2. The molecule has 2 saturated heterocycles. The highest BCUT2D eigenvalue weighted by molar-refractivity contribution is 5.95. The van der Waals surface area contributed by atoms with Gasteiger partial charge in [0.1, 0.15) is 22.7 Å². The normalized spacial score (nSPS) is 36.8. The zero-order chi connectivity index (χ0) is 34.3. The molecule has 0 amide bonds. The number of carbonyl (C=O) groups is 4. The van der Waals surface area contributed by atoms with Crippen LogP contribution in [0.25, 0.3) is 11.0 Å². The molecule has 2 aromatic rings. The van der Waals surface area contributed by atoms with Gasteiger partial charge < -0.3 is 28.1 Å². The molecule has 2 aliphatic carbocycles. The molecule has 0 N–H and O–H groups in total. The molecule has 47 heavy (non-hydrogen) atoms. The first kappa shape index (κ1) is 31.7. The first-order chi connectivity index (χ1) is 21.7. The molecule has 7 rings (SSSR count). The molecule has 6 atom stereocenters. The third kappa shape index (κ3) is 3.55. The minimum Gasteiger partial charge on any atom is -0.483 e. The Morgan fingerprint density at radius 3 is 1.77 bits per heavy atom. The zero-order valence-electron chi connectivity index (χ0n) is 28.4. The second-order valence-corrected chi connectivity index (χ2v) is 16.0. The molecule has 0 spiro atoms. The lowest BCUT2D eigenvalue weighted by Gasteiger charge is -2.45. The third-order valence-corrected chi connectivity index (χ3v) is 13.2. The summed E-state index contributed by atoms with van der Waals surface area (Å²) in [6.07, 6.45) is -0.851. The summed E-state index contributed by atoms with van der Waals surface area (Å²) in [4.78, 5) is 68.2. The number of aryl methyl sites for hydroxylation is 1. The van der Waals surface area contributed by atoms with Crippen molar-refractivity contribution in [1.29, 1.82) is 0 Å². The Kier molecular flexibility index (Phi) is 6.18. The molecule has 2 saturated carbocycles. The molecule has 1 aromatic carbocycles. The van der Waals surface area contributed by atoms with E-state index in [4.69, 9.17) is 28.1 Å². The topological polar surface area (TPSA) is 145 Å². The van der Waals surface area contributed by atoms with Crippen molar-refractivity contribution >= 4 is 34.8 Å². The molecule has 4 heterocycles. The summed E-state index contributed by atoms with van der Waals surface area (Å²) in [7, 11) is 0. The number of hydrogen-bond acceptors (Lipinski definition) is 11. The molecule has 11 nitrogen and oxygen atoms in total. The van der Waals surface area contributed by atoms with Crippen LogP contribution >= 0.6 is 0 Å². The second kappa shape index (κ2) is 9.17. The minimum absolute atomic E-state index is 0.136. The van der Waals surface area contributed by atoms with Gasteiger partial charge in [-0.05, 0) is 65.5 Å². The molecular formula is C36H42O11. The van der Waals surface area contributed by atoms with Gasteiger partial charge in [0.25, 0.3) is 0 Å². The number of rotatable bonds is 5. The first-order valence-corrected chi connectivity index (χ1v) is 16.4. The molecule has 5 aliphatic rings. The Labute approximate surface area is 272 Å². The first-order valence-electron chi connectivity index (χ1n) is 16.4. The Hall–Kier alpha value is -3.89. The van der Waals surface area contributed by atoms with Gasteiger partial charge in [-0.15, -0.1) is 0 Å². The Balaban J connectivity index is 1.38. The van der Waals surface area contributed by atoms with Gasteiger partial charge in [0.05, 0.1) is 21.8 Å². The van der Waals surface area contributed by atoms with Gasteiger partial charge in [0.2, 0.25) is 11.2 Å². The fourth-order valence-electron chi connectivity index (χ4n) is 8.81. The van der Waals surface area contributed by atoms with Gasteiger partial charge in [-0.25, -0.2) is 9.59 Å². The standard InChI is InChI=1S/C36H42O11/c1-10-18-17-20(37)19-11-12-21-22(23(19)42-18)24(43-28(40)35-15-13-33(8,26(38)46-35)31(35,4)5)25(30(2,3)45-21)44-29(41)36-16-14-34(9,27(39)47-36)32(36,6)7/h11-12,17,24-25H,10,13-16H2,1-9H3/t24-,25-,33?,34?,35?,36?/m1/s1. The van der Waals surface area contributed by atoms with E-state index in [0.29, 0.717) is 25.0 Å². The Morgan fingerprint density at radius 2 is 1.30 bits per heavy atom. The summed E-state index contributed by atoms with van der Waals surface area (Å²) in [5, 5.41) is 0.227. The lowest BCUT2D eigenvalue weighted by Crippen LogP contribution is -2.57. The van der Waals surface area contributed by atoms with Crippen molar-refractivity contribution in [3.8, 4) is 5.75 Å². The smallest absolute Gasteiger partial charge is 0.351 e. The van der Waals surface area contributed by atoms with Crippen LogP contribution in [0.15, 0.2) is 27.4 Å². The predicted octanol–water partition coefficient (Wildman–Crippen LogP) is 5.27. The highest BCUT2D eigenvalue weighted by Gasteiger charge is 2.78. The fourth-order valence-corrected chi connectivity index (χ4v) is 8.81. The fraction of sp³-hybridized carbons (Fsp3) is 0.639. The van der Waals surface area contributed by atoms with E-state index in [1.54, 1.807) is 39.8 Å². The quantitative estimate of drug-likeness (QED) is 0.308. The SMILES string of the molecule is CCc1cc(=O)c2ccc3c(c2o1)[C@@H](OC(=O)C12CCC(C)(C(=O)O1)C2(C)C)[C@@H](OC(=O)C12CCC(C)(C(=O)O1)C2(C)C)C(C)(C)O3. The van der Waals surface area contributed by atoms with Gasteiger partial charge in [-0.1, -0.05) is 34.6 Å². The van der Waals surface area contributed by atoms with Crippen molar-refractivity contribution in [2.24, 2.45) is 21.7 Å². The minimum atomic E-state index is -1.59. The predicted molar refractivity (Wildman–Crippen MR) is 165 cm³/mol. The van der Waals surface area contributed by atoms with Crippen LogP contribution in [0.4, 0.5) is 0 Å². The Bertz CT molecular complexity index is 1850. The number of esters is 4. The van der Waals surface area contributed by atoms with Crippen LogP contribution in [0.5, 0.6) is 5.75 Å². The summed E-state index contributed by atoms with van der Waals surface area (Å²) >= 11 is 0. The highest BCUT2D eigenvalue weighted by Crippen LogP contribution is 2.67. The zero-order valence-corrected chi connectivity index (χ0v) is 28.4. The molecule has 11 heteroatoms. The average molecular weight is 651 g/mol. The largest absolute Gasteiger partial charge is 0.483 e. The second-order valence-electron chi connectivity index (χ2n) is 16.0. The average Bonchev–Trinajstić information content (AvgIpc) is 3.46. The maximum absolute atomic E-state index is 14.5. The molecule has 3 aliphatic heterocycles. The summed E-state index contributed by atoms with van der Waals surface area (Å²) < 4.78 is 37.1. The van der Waals surface area contributed by atoms with Gasteiger partial charge in [0, 0.05) is 23.3 Å². The van der Waals surface area contributed by atoms with E-state index in [9.17, 15) is 24.0 Å². The van der Waals surface area contributed by atoms with Crippen molar-refractivity contribution in [3.05, 3.63) is 39.7 Å². The van der Waals surface area contributed by atoms with Crippen molar-refractivity contribution in [1.82, 2.24) is 0 Å². The monoisotopic (exact) mass is 650 g/mol. The summed E-state index contributed by atoms with van der Waals surface area (Å²) in [5.41, 5.74) is -7.99. The van der Waals surface area contributed by atoms with Crippen molar-refractivity contribution in [2.75, 3.05) is 0 Å². The summed E-state index contributed by atoms with van der Waals surface area (Å²) in [6.45, 7) is 16.1. The van der Waals surface area contributed by atoms with Gasteiger partial charge in [0.15, 0.2) is 17.6 Å². The van der Waals surface area contributed by atoms with Crippen LogP contribution in [0.1, 0.15) is 105 Å².